The molecular weight excluding hydrogens is 304 g/mol. The monoisotopic (exact) mass is 322 g/mol. The Bertz CT molecular complexity index is 849. The summed E-state index contributed by atoms with van der Waals surface area (Å²) in [6.07, 6.45) is 6.99. The molecule has 4 nitrogen and oxygen atoms in total. The average Bonchev–Trinajstić information content (AvgIpc) is 2.61. The summed E-state index contributed by atoms with van der Waals surface area (Å²) in [6.45, 7) is 2.86. The van der Waals surface area contributed by atoms with Gasteiger partial charge >= 0.3 is 0 Å². The highest BCUT2D eigenvalue weighted by Crippen LogP contribution is 2.21. The van der Waals surface area contributed by atoms with Crippen LogP contribution in [0.15, 0.2) is 47.9 Å². The average molecular weight is 322 g/mol. The summed E-state index contributed by atoms with van der Waals surface area (Å²) in [5.74, 6) is 0. The van der Waals surface area contributed by atoms with Crippen molar-refractivity contribution in [2.75, 3.05) is 12.8 Å². The third kappa shape index (κ3) is 3.07. The van der Waals surface area contributed by atoms with Gasteiger partial charge in [-0.2, -0.15) is 0 Å². The topological polar surface area (TPSA) is 41.9 Å². The van der Waals surface area contributed by atoms with E-state index in [0.29, 0.717) is 0 Å². The fraction of sp³-hybridized carbons (Fsp3) is 0.278. The van der Waals surface area contributed by atoms with E-state index in [9.17, 15) is 0 Å². The number of fused-ring (bicyclic) bond motifs is 2. The lowest BCUT2D eigenvalue weighted by Gasteiger charge is -2.27. The third-order valence-electron chi connectivity index (χ3n) is 4.23. The highest BCUT2D eigenvalue weighted by atomic mass is 32.2. The van der Waals surface area contributed by atoms with Crippen molar-refractivity contribution in [1.82, 2.24) is 19.9 Å². The van der Waals surface area contributed by atoms with E-state index in [4.69, 9.17) is 0 Å². The molecule has 0 saturated carbocycles. The van der Waals surface area contributed by atoms with Crippen molar-refractivity contribution in [3.63, 3.8) is 0 Å². The maximum atomic E-state index is 4.63. The van der Waals surface area contributed by atoms with Crippen LogP contribution in [-0.4, -0.2) is 32.7 Å². The summed E-state index contributed by atoms with van der Waals surface area (Å²) in [4.78, 5) is 16.0. The maximum absolute atomic E-state index is 4.63. The molecule has 2 aromatic heterocycles. The zero-order valence-electron chi connectivity index (χ0n) is 13.1. The molecule has 0 bridgehead atoms. The molecule has 0 fully saturated rings. The van der Waals surface area contributed by atoms with E-state index < -0.39 is 0 Å². The largest absolute Gasteiger partial charge is 0.294 e. The van der Waals surface area contributed by atoms with Crippen molar-refractivity contribution in [2.24, 2.45) is 0 Å². The molecule has 0 aliphatic carbocycles. The van der Waals surface area contributed by atoms with Crippen LogP contribution in [0.4, 0.5) is 0 Å². The Morgan fingerprint density at radius 2 is 2.09 bits per heavy atom. The zero-order chi connectivity index (χ0) is 15.6. The summed E-state index contributed by atoms with van der Waals surface area (Å²) in [7, 11) is 0. The minimum Gasteiger partial charge on any atom is -0.294 e. The minimum absolute atomic E-state index is 0.871. The number of nitrogens with zero attached hydrogens (tertiary/aromatic N) is 4. The van der Waals surface area contributed by atoms with Crippen LogP contribution in [0.3, 0.4) is 0 Å². The number of pyridine rings is 1. The molecule has 4 rings (SSSR count). The Hall–Kier alpha value is -1.98. The van der Waals surface area contributed by atoms with Crippen LogP contribution in [0, 0.1) is 0 Å². The van der Waals surface area contributed by atoms with Crippen molar-refractivity contribution >= 4 is 22.7 Å². The molecule has 3 aromatic rings. The number of hydrogen-bond acceptors (Lipinski definition) is 5. The molecule has 1 aromatic carbocycles. The molecule has 0 atom stereocenters. The molecule has 0 saturated heterocycles. The molecule has 0 amide bonds. The van der Waals surface area contributed by atoms with Gasteiger partial charge in [-0.3, -0.25) is 9.88 Å². The molecule has 0 N–H and O–H groups in total. The lowest BCUT2D eigenvalue weighted by Crippen LogP contribution is -2.31. The lowest BCUT2D eigenvalue weighted by atomic mass is 10.1. The Morgan fingerprint density at radius 1 is 1.17 bits per heavy atom. The van der Waals surface area contributed by atoms with E-state index in [1.54, 1.807) is 11.8 Å². The second-order valence-electron chi connectivity index (χ2n) is 5.83. The Morgan fingerprint density at radius 3 is 3.00 bits per heavy atom. The molecule has 0 unspecified atom stereocenters. The van der Waals surface area contributed by atoms with Gasteiger partial charge in [0.15, 0.2) is 5.16 Å². The first kappa shape index (κ1) is 14.6. The Kier molecular flexibility index (Phi) is 3.97. The van der Waals surface area contributed by atoms with Gasteiger partial charge in [-0.25, -0.2) is 9.97 Å². The van der Waals surface area contributed by atoms with Crippen LogP contribution in [0.1, 0.15) is 16.8 Å². The number of aromatic nitrogens is 3. The van der Waals surface area contributed by atoms with Crippen LogP contribution >= 0.6 is 11.8 Å². The first-order valence-corrected chi connectivity index (χ1v) is 8.99. The summed E-state index contributed by atoms with van der Waals surface area (Å²) in [6, 6.07) is 10.5. The standard InChI is InChI=1S/C18H18N4S/c1-23-18-20-10-15-12-22(7-6-17(15)21-18)11-13-8-14-4-2-3-5-16(14)19-9-13/h2-5,8-10H,6-7,11-12H2,1H3. The summed E-state index contributed by atoms with van der Waals surface area (Å²) >= 11 is 1.60. The minimum atomic E-state index is 0.871. The number of thioether (sulfide) groups is 1. The number of rotatable bonds is 3. The molecule has 1 aliphatic rings. The maximum Gasteiger partial charge on any atom is 0.187 e. The van der Waals surface area contributed by atoms with Gasteiger partial charge in [-0.05, 0) is 24.0 Å². The summed E-state index contributed by atoms with van der Waals surface area (Å²) < 4.78 is 0. The lowest BCUT2D eigenvalue weighted by molar-refractivity contribution is 0.242. The highest BCUT2D eigenvalue weighted by Gasteiger charge is 2.18. The molecule has 5 heteroatoms. The van der Waals surface area contributed by atoms with Crippen molar-refractivity contribution in [1.29, 1.82) is 0 Å². The normalized spacial score (nSPS) is 14.8. The Labute approximate surface area is 140 Å². The second kappa shape index (κ2) is 6.26. The zero-order valence-corrected chi connectivity index (χ0v) is 13.9. The van der Waals surface area contributed by atoms with Crippen LogP contribution in [-0.2, 0) is 19.5 Å². The fourth-order valence-electron chi connectivity index (χ4n) is 3.05. The van der Waals surface area contributed by atoms with Crippen molar-refractivity contribution < 1.29 is 0 Å². The van der Waals surface area contributed by atoms with Gasteiger partial charge in [0.1, 0.15) is 0 Å². The van der Waals surface area contributed by atoms with Gasteiger partial charge in [-0.15, -0.1) is 0 Å². The fourth-order valence-corrected chi connectivity index (χ4v) is 3.41. The first-order chi connectivity index (χ1) is 11.3. The van der Waals surface area contributed by atoms with E-state index in [1.807, 2.05) is 24.7 Å². The van der Waals surface area contributed by atoms with Crippen LogP contribution in [0.2, 0.25) is 0 Å². The first-order valence-electron chi connectivity index (χ1n) is 7.76. The van der Waals surface area contributed by atoms with Crippen molar-refractivity contribution in [3.8, 4) is 0 Å². The van der Waals surface area contributed by atoms with Crippen molar-refractivity contribution in [2.45, 2.75) is 24.7 Å². The smallest absolute Gasteiger partial charge is 0.187 e. The predicted octanol–water partition coefficient (Wildman–Crippen LogP) is 3.31. The third-order valence-corrected chi connectivity index (χ3v) is 4.79. The van der Waals surface area contributed by atoms with Crippen molar-refractivity contribution in [3.05, 3.63) is 59.5 Å². The van der Waals surface area contributed by atoms with Crippen LogP contribution < -0.4 is 0 Å². The van der Waals surface area contributed by atoms with Gasteiger partial charge in [-0.1, -0.05) is 30.0 Å². The summed E-state index contributed by atoms with van der Waals surface area (Å²) in [5.41, 5.74) is 4.77. The molecule has 23 heavy (non-hydrogen) atoms. The molecular formula is C18H18N4S. The van der Waals surface area contributed by atoms with Gasteiger partial charge in [0.05, 0.1) is 11.2 Å². The highest BCUT2D eigenvalue weighted by molar-refractivity contribution is 7.98. The quantitative estimate of drug-likeness (QED) is 0.547. The number of hydrogen-bond donors (Lipinski definition) is 0. The number of para-hydroxylation sites is 1. The van der Waals surface area contributed by atoms with Gasteiger partial charge < -0.3 is 0 Å². The second-order valence-corrected chi connectivity index (χ2v) is 6.60. The predicted molar refractivity (Wildman–Crippen MR) is 93.4 cm³/mol. The van der Waals surface area contributed by atoms with E-state index in [2.05, 4.69) is 44.1 Å². The van der Waals surface area contributed by atoms with Gasteiger partial charge in [0, 0.05) is 49.4 Å². The molecule has 116 valence electrons. The summed E-state index contributed by atoms with van der Waals surface area (Å²) in [5, 5.41) is 2.08. The molecule has 3 heterocycles. The van der Waals surface area contributed by atoms with E-state index >= 15 is 0 Å². The van der Waals surface area contributed by atoms with Crippen LogP contribution in [0.25, 0.3) is 10.9 Å². The molecule has 0 radical (unpaired) electrons. The molecule has 0 spiro atoms. The van der Waals surface area contributed by atoms with E-state index in [-0.39, 0.29) is 0 Å². The SMILES string of the molecule is CSc1ncc2c(n1)CCN(Cc1cnc3ccccc3c1)C2. The van der Waals surface area contributed by atoms with E-state index in [1.165, 1.54) is 22.2 Å². The van der Waals surface area contributed by atoms with Gasteiger partial charge in [0.2, 0.25) is 0 Å². The van der Waals surface area contributed by atoms with Gasteiger partial charge in [0.25, 0.3) is 0 Å². The van der Waals surface area contributed by atoms with Crippen LogP contribution in [0.5, 0.6) is 0 Å². The van der Waals surface area contributed by atoms with E-state index in [0.717, 1.165) is 36.7 Å². The Balaban J connectivity index is 1.52. The number of benzene rings is 1. The molecule has 1 aliphatic heterocycles.